The van der Waals surface area contributed by atoms with Crippen LogP contribution in [0.25, 0.3) is 0 Å². The summed E-state index contributed by atoms with van der Waals surface area (Å²) in [4.78, 5) is 4.33. The van der Waals surface area contributed by atoms with Gasteiger partial charge in [0.25, 0.3) is 0 Å². The highest BCUT2D eigenvalue weighted by Crippen LogP contribution is 2.27. The van der Waals surface area contributed by atoms with Gasteiger partial charge >= 0.3 is 0 Å². The number of amidine groups is 1. The van der Waals surface area contributed by atoms with Crippen LogP contribution in [0.4, 0.5) is 0 Å². The Labute approximate surface area is 128 Å². The Morgan fingerprint density at radius 1 is 1.47 bits per heavy atom. The number of halogens is 2. The Morgan fingerprint density at radius 2 is 2.21 bits per heavy atom. The zero-order chi connectivity index (χ0) is 14.3. The highest BCUT2D eigenvalue weighted by Gasteiger charge is 2.03. The first-order chi connectivity index (χ1) is 9.02. The molecule has 3 nitrogen and oxygen atoms in total. The van der Waals surface area contributed by atoms with E-state index >= 15 is 0 Å². The maximum atomic E-state index is 5.99. The van der Waals surface area contributed by atoms with E-state index in [0.29, 0.717) is 27.6 Å². The molecule has 0 saturated heterocycles. The van der Waals surface area contributed by atoms with Gasteiger partial charge < -0.3 is 10.5 Å². The molecule has 0 aliphatic rings. The average Bonchev–Trinajstić information content (AvgIpc) is 2.36. The molecular weight excluding hydrogens is 303 g/mol. The molecule has 2 N–H and O–H groups in total. The fourth-order valence-corrected chi connectivity index (χ4v) is 2.33. The molecule has 0 saturated carbocycles. The van der Waals surface area contributed by atoms with Crippen LogP contribution in [-0.2, 0) is 0 Å². The third-order valence-electron chi connectivity index (χ3n) is 2.42. The Morgan fingerprint density at radius 3 is 2.84 bits per heavy atom. The summed E-state index contributed by atoms with van der Waals surface area (Å²) in [6, 6.07) is 5.42. The zero-order valence-electron chi connectivity index (χ0n) is 11.0. The summed E-state index contributed by atoms with van der Waals surface area (Å²) in [5, 5.41) is 1.70. The van der Waals surface area contributed by atoms with E-state index in [4.69, 9.17) is 33.7 Å². The van der Waals surface area contributed by atoms with Crippen molar-refractivity contribution in [1.82, 2.24) is 0 Å². The molecule has 0 radical (unpaired) electrons. The van der Waals surface area contributed by atoms with Gasteiger partial charge in [-0.05, 0) is 31.5 Å². The zero-order valence-corrected chi connectivity index (χ0v) is 13.4. The summed E-state index contributed by atoms with van der Waals surface area (Å²) in [5.74, 6) is 1.36. The summed E-state index contributed by atoms with van der Waals surface area (Å²) < 4.78 is 5.55. The van der Waals surface area contributed by atoms with Crippen molar-refractivity contribution in [2.24, 2.45) is 10.7 Å². The van der Waals surface area contributed by atoms with Crippen molar-refractivity contribution in [3.8, 4) is 5.75 Å². The van der Waals surface area contributed by atoms with Gasteiger partial charge in [-0.25, -0.2) is 0 Å². The second kappa shape index (κ2) is 8.56. The van der Waals surface area contributed by atoms with Gasteiger partial charge in [-0.1, -0.05) is 41.9 Å². The van der Waals surface area contributed by atoms with Gasteiger partial charge in [0.05, 0.1) is 11.6 Å². The van der Waals surface area contributed by atoms with Gasteiger partial charge in [-0.3, -0.25) is 4.99 Å². The molecule has 19 heavy (non-hydrogen) atoms. The summed E-state index contributed by atoms with van der Waals surface area (Å²) in [6.45, 7) is 4.64. The first-order valence-corrected chi connectivity index (χ1v) is 7.81. The van der Waals surface area contributed by atoms with Crippen LogP contribution in [0, 0.1) is 0 Å². The maximum absolute atomic E-state index is 5.99. The topological polar surface area (TPSA) is 47.6 Å². The molecule has 0 heterocycles. The van der Waals surface area contributed by atoms with E-state index in [9.17, 15) is 0 Å². The molecule has 0 unspecified atom stereocenters. The van der Waals surface area contributed by atoms with Crippen molar-refractivity contribution >= 4 is 40.1 Å². The molecule has 1 aromatic rings. The summed E-state index contributed by atoms with van der Waals surface area (Å²) in [7, 11) is 0. The number of aliphatic imine (C=N–C) groups is 1. The minimum atomic E-state index is 0.263. The Kier molecular flexibility index (Phi) is 7.42. The minimum Gasteiger partial charge on any atom is -0.491 e. The van der Waals surface area contributed by atoms with Gasteiger partial charge in [-0.15, -0.1) is 0 Å². The van der Waals surface area contributed by atoms with Crippen LogP contribution in [0.5, 0.6) is 5.75 Å². The predicted octanol–water partition coefficient (Wildman–Crippen LogP) is 4.22. The smallest absolute Gasteiger partial charge is 0.154 e. The van der Waals surface area contributed by atoms with E-state index in [1.54, 1.807) is 18.2 Å². The predicted molar refractivity (Wildman–Crippen MR) is 85.8 cm³/mol. The lowest BCUT2D eigenvalue weighted by atomic mass is 10.3. The molecule has 0 bridgehead atoms. The maximum Gasteiger partial charge on any atom is 0.154 e. The number of rotatable bonds is 6. The lowest BCUT2D eigenvalue weighted by Gasteiger charge is -2.08. The summed E-state index contributed by atoms with van der Waals surface area (Å²) >= 11 is 13.3. The highest BCUT2D eigenvalue weighted by molar-refractivity contribution is 8.13. The number of benzene rings is 1. The fraction of sp³-hybridized carbons (Fsp3) is 0.462. The number of thioether (sulfide) groups is 1. The van der Waals surface area contributed by atoms with Gasteiger partial charge in [0.15, 0.2) is 5.17 Å². The van der Waals surface area contributed by atoms with Crippen molar-refractivity contribution in [1.29, 1.82) is 0 Å². The average molecular weight is 321 g/mol. The van der Waals surface area contributed by atoms with E-state index in [1.165, 1.54) is 11.8 Å². The van der Waals surface area contributed by atoms with Crippen molar-refractivity contribution in [3.05, 3.63) is 28.2 Å². The Bertz CT molecular complexity index is 441. The second-order valence-electron chi connectivity index (χ2n) is 4.00. The highest BCUT2D eigenvalue weighted by atomic mass is 35.5. The molecule has 1 rings (SSSR count). The van der Waals surface area contributed by atoms with E-state index in [0.717, 1.165) is 12.2 Å². The molecule has 0 aromatic heterocycles. The van der Waals surface area contributed by atoms with Crippen LogP contribution in [0.1, 0.15) is 20.3 Å². The van der Waals surface area contributed by atoms with Gasteiger partial charge in [-0.2, -0.15) is 0 Å². The van der Waals surface area contributed by atoms with Crippen LogP contribution >= 0.6 is 35.0 Å². The standard InChI is InChI=1S/C13H18Cl2N2OS/c1-3-9(2)17-13(16)19-7-6-18-12-5-4-10(14)8-11(12)15/h4-5,8-9H,3,6-7H2,1-2H3,(H2,16,17)/t9-/m0/s1. The van der Waals surface area contributed by atoms with Crippen molar-refractivity contribution < 1.29 is 4.74 Å². The number of nitrogens with two attached hydrogens (primary N) is 1. The lowest BCUT2D eigenvalue weighted by Crippen LogP contribution is -2.13. The third-order valence-corrected chi connectivity index (χ3v) is 3.73. The van der Waals surface area contributed by atoms with Crippen LogP contribution in [0.2, 0.25) is 10.0 Å². The number of ether oxygens (including phenoxy) is 1. The van der Waals surface area contributed by atoms with Crippen molar-refractivity contribution in [2.45, 2.75) is 26.3 Å². The van der Waals surface area contributed by atoms with E-state index in [1.807, 2.05) is 6.92 Å². The third kappa shape index (κ3) is 6.41. The fourth-order valence-electron chi connectivity index (χ4n) is 1.24. The quantitative estimate of drug-likeness (QED) is 0.485. The molecule has 1 atom stereocenters. The van der Waals surface area contributed by atoms with Crippen LogP contribution in [0.15, 0.2) is 23.2 Å². The summed E-state index contributed by atoms with van der Waals surface area (Å²) in [6.07, 6.45) is 0.984. The molecule has 0 fully saturated rings. The minimum absolute atomic E-state index is 0.263. The van der Waals surface area contributed by atoms with Gasteiger partial charge in [0.1, 0.15) is 5.75 Å². The van der Waals surface area contributed by atoms with Gasteiger partial charge in [0.2, 0.25) is 0 Å². The molecule has 0 amide bonds. The number of nitrogens with zero attached hydrogens (tertiary/aromatic N) is 1. The first-order valence-electron chi connectivity index (χ1n) is 6.06. The van der Waals surface area contributed by atoms with E-state index in [-0.39, 0.29) is 6.04 Å². The normalized spacial score (nSPS) is 13.4. The molecule has 1 aromatic carbocycles. The van der Waals surface area contributed by atoms with Crippen LogP contribution in [-0.4, -0.2) is 23.6 Å². The van der Waals surface area contributed by atoms with Crippen molar-refractivity contribution in [2.75, 3.05) is 12.4 Å². The van der Waals surface area contributed by atoms with E-state index in [2.05, 4.69) is 11.9 Å². The van der Waals surface area contributed by atoms with Crippen LogP contribution < -0.4 is 10.5 Å². The molecule has 0 aliphatic carbocycles. The number of hydrogen-bond donors (Lipinski definition) is 1. The summed E-state index contributed by atoms with van der Waals surface area (Å²) in [5.41, 5.74) is 5.79. The first kappa shape index (κ1) is 16.5. The number of hydrogen-bond acceptors (Lipinski definition) is 3. The van der Waals surface area contributed by atoms with Crippen LogP contribution in [0.3, 0.4) is 0 Å². The molecule has 0 spiro atoms. The largest absolute Gasteiger partial charge is 0.491 e. The van der Waals surface area contributed by atoms with Crippen molar-refractivity contribution in [3.63, 3.8) is 0 Å². The monoisotopic (exact) mass is 320 g/mol. The Hall–Kier alpha value is -0.580. The molecule has 6 heteroatoms. The molecule has 0 aliphatic heterocycles. The molecule has 106 valence electrons. The van der Waals surface area contributed by atoms with E-state index < -0.39 is 0 Å². The lowest BCUT2D eigenvalue weighted by molar-refractivity contribution is 0.344. The Balaban J connectivity index is 2.33. The SMILES string of the molecule is CC[C@H](C)N=C(N)SCCOc1ccc(Cl)cc1Cl. The molecular formula is C13H18Cl2N2OS. The second-order valence-corrected chi connectivity index (χ2v) is 5.96. The van der Waals surface area contributed by atoms with Gasteiger partial charge in [0, 0.05) is 16.8 Å².